The van der Waals surface area contributed by atoms with Crippen molar-refractivity contribution in [3.8, 4) is 6.07 Å². The van der Waals surface area contributed by atoms with E-state index in [0.29, 0.717) is 16.7 Å². The minimum Gasteiger partial charge on any atom is -0.298 e. The molecule has 3 nitrogen and oxygen atoms in total. The molecule has 0 amide bonds. The molecule has 0 aliphatic heterocycles. The van der Waals surface area contributed by atoms with Gasteiger partial charge in [-0.15, -0.1) is 11.3 Å². The third-order valence-corrected chi connectivity index (χ3v) is 2.24. The standard InChI is InChI=1S/C9H4N2OS/c1-11-8(5-10)4-9-7(6-12)2-3-13-9/h2-4,6H/b8-4-. The van der Waals surface area contributed by atoms with Crippen molar-refractivity contribution < 1.29 is 4.79 Å². The Morgan fingerprint density at radius 2 is 2.54 bits per heavy atom. The molecule has 0 atom stereocenters. The first-order chi connectivity index (χ1) is 6.31. The molecule has 4 heteroatoms. The fraction of sp³-hybridized carbons (Fsp3) is 0. The van der Waals surface area contributed by atoms with E-state index < -0.39 is 0 Å². The quantitative estimate of drug-likeness (QED) is 0.406. The van der Waals surface area contributed by atoms with Gasteiger partial charge in [0.1, 0.15) is 0 Å². The molecular weight excluding hydrogens is 184 g/mol. The lowest BCUT2D eigenvalue weighted by Crippen LogP contribution is -1.77. The number of nitrogens with zero attached hydrogens (tertiary/aromatic N) is 2. The van der Waals surface area contributed by atoms with E-state index in [1.165, 1.54) is 17.4 Å². The summed E-state index contributed by atoms with van der Waals surface area (Å²) in [6, 6.07) is 3.39. The summed E-state index contributed by atoms with van der Waals surface area (Å²) in [7, 11) is 0. The highest BCUT2D eigenvalue weighted by Crippen LogP contribution is 2.18. The van der Waals surface area contributed by atoms with Crippen molar-refractivity contribution >= 4 is 23.7 Å². The smallest absolute Gasteiger partial charge is 0.263 e. The summed E-state index contributed by atoms with van der Waals surface area (Å²) in [5.41, 5.74) is 0.506. The van der Waals surface area contributed by atoms with Gasteiger partial charge in [0.25, 0.3) is 5.70 Å². The zero-order valence-electron chi connectivity index (χ0n) is 6.52. The Kier molecular flexibility index (Phi) is 2.97. The van der Waals surface area contributed by atoms with Gasteiger partial charge in [0.2, 0.25) is 0 Å². The zero-order valence-corrected chi connectivity index (χ0v) is 7.34. The Bertz CT molecular complexity index is 415. The molecule has 0 aromatic carbocycles. The fourth-order valence-corrected chi connectivity index (χ4v) is 1.55. The highest BCUT2D eigenvalue weighted by molar-refractivity contribution is 7.11. The lowest BCUT2D eigenvalue weighted by Gasteiger charge is -1.86. The van der Waals surface area contributed by atoms with E-state index in [1.54, 1.807) is 17.5 Å². The predicted molar refractivity (Wildman–Crippen MR) is 49.9 cm³/mol. The van der Waals surface area contributed by atoms with Crippen molar-refractivity contribution in [1.82, 2.24) is 0 Å². The number of carbonyl (C=O) groups excluding carboxylic acids is 1. The highest BCUT2D eigenvalue weighted by Gasteiger charge is 2.01. The Labute approximate surface area is 79.4 Å². The largest absolute Gasteiger partial charge is 0.298 e. The first-order valence-electron chi connectivity index (χ1n) is 3.33. The van der Waals surface area contributed by atoms with Crippen molar-refractivity contribution in [2.24, 2.45) is 0 Å². The van der Waals surface area contributed by atoms with Gasteiger partial charge >= 0.3 is 0 Å². The van der Waals surface area contributed by atoms with Gasteiger partial charge in [0.05, 0.1) is 12.6 Å². The number of allylic oxidation sites excluding steroid dienone is 1. The van der Waals surface area contributed by atoms with E-state index in [1.807, 2.05) is 0 Å². The van der Waals surface area contributed by atoms with Crippen LogP contribution in [-0.2, 0) is 0 Å². The van der Waals surface area contributed by atoms with Gasteiger partial charge < -0.3 is 0 Å². The summed E-state index contributed by atoms with van der Waals surface area (Å²) in [5, 5.41) is 10.2. The molecule has 1 aromatic rings. The van der Waals surface area contributed by atoms with E-state index in [9.17, 15) is 4.79 Å². The Morgan fingerprint density at radius 3 is 3.08 bits per heavy atom. The average molecular weight is 188 g/mol. The average Bonchev–Trinajstić information content (AvgIpc) is 2.61. The van der Waals surface area contributed by atoms with Crippen molar-refractivity contribution in [3.63, 3.8) is 0 Å². The number of rotatable bonds is 2. The lowest BCUT2D eigenvalue weighted by atomic mass is 10.2. The maximum Gasteiger partial charge on any atom is 0.263 e. The second-order valence-electron chi connectivity index (χ2n) is 2.11. The van der Waals surface area contributed by atoms with Gasteiger partial charge in [0, 0.05) is 10.4 Å². The van der Waals surface area contributed by atoms with Crippen LogP contribution in [0.5, 0.6) is 0 Å². The third kappa shape index (κ3) is 2.02. The molecule has 0 unspecified atom stereocenters. The molecule has 62 valence electrons. The van der Waals surface area contributed by atoms with Crippen LogP contribution in [0.15, 0.2) is 17.1 Å². The van der Waals surface area contributed by atoms with E-state index in [0.717, 1.165) is 0 Å². The second-order valence-corrected chi connectivity index (χ2v) is 3.06. The fourth-order valence-electron chi connectivity index (χ4n) is 0.759. The molecule has 0 radical (unpaired) electrons. The molecule has 0 N–H and O–H groups in total. The van der Waals surface area contributed by atoms with Gasteiger partial charge in [-0.1, -0.05) is 0 Å². The van der Waals surface area contributed by atoms with E-state index in [2.05, 4.69) is 4.85 Å². The third-order valence-electron chi connectivity index (χ3n) is 1.36. The number of aldehydes is 1. The van der Waals surface area contributed by atoms with Crippen LogP contribution in [0.2, 0.25) is 0 Å². The number of hydrogen-bond acceptors (Lipinski definition) is 3. The van der Waals surface area contributed by atoms with Gasteiger partial charge in [-0.2, -0.15) is 0 Å². The number of hydrogen-bond donors (Lipinski definition) is 0. The Balaban J connectivity index is 3.12. The maximum atomic E-state index is 10.5. The molecule has 0 saturated carbocycles. The van der Waals surface area contributed by atoms with Crippen molar-refractivity contribution in [2.45, 2.75) is 0 Å². The molecule has 0 aliphatic rings. The monoisotopic (exact) mass is 188 g/mol. The summed E-state index contributed by atoms with van der Waals surface area (Å²) in [5.74, 6) is 0. The van der Waals surface area contributed by atoms with Crippen LogP contribution in [0.4, 0.5) is 0 Å². The van der Waals surface area contributed by atoms with Crippen LogP contribution in [0.25, 0.3) is 10.9 Å². The minimum atomic E-state index is -0.00875. The van der Waals surface area contributed by atoms with Crippen LogP contribution in [0.3, 0.4) is 0 Å². The molecule has 1 rings (SSSR count). The summed E-state index contributed by atoms with van der Waals surface area (Å²) in [4.78, 5) is 14.1. The maximum absolute atomic E-state index is 10.5. The molecule has 0 fully saturated rings. The summed E-state index contributed by atoms with van der Waals surface area (Å²) < 4.78 is 0. The van der Waals surface area contributed by atoms with Gasteiger partial charge in [0.15, 0.2) is 6.29 Å². The predicted octanol–water partition coefficient (Wildman–Crippen LogP) is 2.34. The molecule has 1 aromatic heterocycles. The van der Waals surface area contributed by atoms with Crippen molar-refractivity contribution in [2.75, 3.05) is 0 Å². The Hall–Kier alpha value is -1.91. The topological polar surface area (TPSA) is 45.2 Å². The van der Waals surface area contributed by atoms with E-state index in [-0.39, 0.29) is 5.70 Å². The first kappa shape index (κ1) is 9.18. The van der Waals surface area contributed by atoms with Gasteiger partial charge in [-0.3, -0.25) is 4.79 Å². The first-order valence-corrected chi connectivity index (χ1v) is 4.21. The summed E-state index contributed by atoms with van der Waals surface area (Å²) in [6.07, 6.45) is 2.13. The molecule has 0 aliphatic carbocycles. The summed E-state index contributed by atoms with van der Waals surface area (Å²) in [6.45, 7) is 6.64. The van der Waals surface area contributed by atoms with Crippen molar-refractivity contribution in [3.05, 3.63) is 39.0 Å². The molecule has 0 saturated heterocycles. The van der Waals surface area contributed by atoms with Crippen LogP contribution < -0.4 is 0 Å². The molecule has 1 heterocycles. The van der Waals surface area contributed by atoms with Crippen LogP contribution in [0, 0.1) is 17.9 Å². The van der Waals surface area contributed by atoms with Crippen molar-refractivity contribution in [1.29, 1.82) is 5.26 Å². The number of thiophene rings is 1. The zero-order chi connectivity index (χ0) is 9.68. The Morgan fingerprint density at radius 1 is 1.77 bits per heavy atom. The normalized spacial score (nSPS) is 10.2. The van der Waals surface area contributed by atoms with Gasteiger partial charge in [-0.05, 0) is 17.5 Å². The molecular formula is C9H4N2OS. The SMILES string of the molecule is [C-]#[N+]/C(C#N)=C\c1sccc1C=O. The lowest BCUT2D eigenvalue weighted by molar-refractivity contribution is 0.112. The number of nitriles is 1. The van der Waals surface area contributed by atoms with E-state index >= 15 is 0 Å². The number of carbonyl (C=O) groups is 1. The second kappa shape index (κ2) is 4.20. The molecule has 0 spiro atoms. The van der Waals surface area contributed by atoms with Crippen LogP contribution >= 0.6 is 11.3 Å². The van der Waals surface area contributed by atoms with Crippen LogP contribution in [0.1, 0.15) is 15.2 Å². The molecule has 13 heavy (non-hydrogen) atoms. The summed E-state index contributed by atoms with van der Waals surface area (Å²) >= 11 is 1.33. The minimum absolute atomic E-state index is 0.00875. The highest BCUT2D eigenvalue weighted by atomic mass is 32.1. The van der Waals surface area contributed by atoms with E-state index in [4.69, 9.17) is 11.8 Å². The molecule has 0 bridgehead atoms. The van der Waals surface area contributed by atoms with Crippen LogP contribution in [-0.4, -0.2) is 6.29 Å². The van der Waals surface area contributed by atoms with Gasteiger partial charge in [-0.25, -0.2) is 10.1 Å².